The number of benzene rings is 1. The quantitative estimate of drug-likeness (QED) is 0.475. The van der Waals surface area contributed by atoms with Crippen LogP contribution in [-0.4, -0.2) is 11.5 Å². The lowest BCUT2D eigenvalue weighted by atomic mass is 10.1. The summed E-state index contributed by atoms with van der Waals surface area (Å²) in [6.07, 6.45) is 3.19. The molecule has 6 heteroatoms. The van der Waals surface area contributed by atoms with Crippen molar-refractivity contribution < 1.29 is 4.79 Å². The Kier molecular flexibility index (Phi) is 4.75. The van der Waals surface area contributed by atoms with E-state index in [9.17, 15) is 4.79 Å². The third-order valence-corrected chi connectivity index (χ3v) is 4.54. The van der Waals surface area contributed by atoms with Crippen LogP contribution >= 0.6 is 63.7 Å². The second kappa shape index (κ2) is 5.94. The maximum Gasteiger partial charge on any atom is 0.194 e. The highest BCUT2D eigenvalue weighted by atomic mass is 79.9. The first-order valence-electron chi connectivity index (χ1n) is 4.80. The third-order valence-electron chi connectivity index (χ3n) is 2.15. The Bertz CT molecular complexity index is 617. The summed E-state index contributed by atoms with van der Waals surface area (Å²) in [6, 6.07) is 5.72. The molecule has 0 saturated carbocycles. The highest BCUT2D eigenvalue weighted by Crippen LogP contribution is 2.31. The van der Waals surface area contributed by atoms with E-state index in [4.69, 9.17) is 0 Å². The number of carbonyl (C=O) groups is 1. The van der Waals surface area contributed by atoms with Gasteiger partial charge in [-0.05, 0) is 72.1 Å². The largest absolute Gasteiger partial charge is 0.289 e. The Morgan fingerprint density at radius 3 is 2.33 bits per heavy atom. The van der Waals surface area contributed by atoms with Gasteiger partial charge in [0.2, 0.25) is 0 Å². The van der Waals surface area contributed by atoms with Gasteiger partial charge in [0, 0.05) is 19.5 Å². The van der Waals surface area contributed by atoms with Gasteiger partial charge in [-0.3, -0.25) is 4.79 Å². The van der Waals surface area contributed by atoms with Crippen LogP contribution in [0.2, 0.25) is 0 Å². The van der Waals surface area contributed by atoms with Crippen LogP contribution < -0.4 is 0 Å². The number of ketones is 1. The molecular formula is C12H5Br4NO. The fourth-order valence-corrected chi connectivity index (χ4v) is 3.18. The summed E-state index contributed by atoms with van der Waals surface area (Å²) in [6.45, 7) is 0. The minimum atomic E-state index is -0.0734. The molecule has 0 aromatic heterocycles. The average molecular weight is 499 g/mol. The van der Waals surface area contributed by atoms with E-state index in [0.717, 1.165) is 14.6 Å². The molecule has 0 saturated heterocycles. The van der Waals surface area contributed by atoms with Gasteiger partial charge in [0.1, 0.15) is 0 Å². The summed E-state index contributed by atoms with van der Waals surface area (Å²) in [7, 11) is 0. The van der Waals surface area contributed by atoms with Gasteiger partial charge in [-0.1, -0.05) is 15.9 Å². The Labute approximate surface area is 138 Å². The van der Waals surface area contributed by atoms with E-state index < -0.39 is 0 Å². The molecular weight excluding hydrogens is 494 g/mol. The van der Waals surface area contributed by atoms with Gasteiger partial charge >= 0.3 is 0 Å². The molecule has 1 aromatic rings. The van der Waals surface area contributed by atoms with E-state index >= 15 is 0 Å². The summed E-state index contributed by atoms with van der Waals surface area (Å²) in [5, 5.41) is 0. The molecule has 0 atom stereocenters. The van der Waals surface area contributed by atoms with Crippen molar-refractivity contribution in [3.8, 4) is 0 Å². The zero-order valence-corrected chi connectivity index (χ0v) is 15.1. The van der Waals surface area contributed by atoms with E-state index in [1.54, 1.807) is 6.08 Å². The van der Waals surface area contributed by atoms with Gasteiger partial charge < -0.3 is 0 Å². The molecule has 1 aliphatic carbocycles. The standard InChI is InChI=1S/C12H5Br4NO/c13-6-1-2-10(7(14)3-6)17-11-4-9(16)12(18)5-8(11)15/h1-5H/b17-11+. The first kappa shape index (κ1) is 14.4. The van der Waals surface area contributed by atoms with E-state index in [0.29, 0.717) is 14.7 Å². The number of rotatable bonds is 1. The molecule has 2 rings (SSSR count). The predicted octanol–water partition coefficient (Wildman–Crippen LogP) is 5.42. The molecule has 0 fully saturated rings. The molecule has 0 amide bonds. The highest BCUT2D eigenvalue weighted by molar-refractivity contribution is 9.12. The van der Waals surface area contributed by atoms with Gasteiger partial charge in [0.05, 0.1) is 15.9 Å². The first-order valence-corrected chi connectivity index (χ1v) is 7.97. The molecule has 0 bridgehead atoms. The van der Waals surface area contributed by atoms with Crippen molar-refractivity contribution in [3.05, 3.63) is 48.3 Å². The van der Waals surface area contributed by atoms with Crippen molar-refractivity contribution in [2.24, 2.45) is 4.99 Å². The van der Waals surface area contributed by atoms with Crippen molar-refractivity contribution in [2.45, 2.75) is 0 Å². The first-order chi connectivity index (χ1) is 8.47. The molecule has 0 aliphatic heterocycles. The Morgan fingerprint density at radius 1 is 0.944 bits per heavy atom. The molecule has 1 aromatic carbocycles. The average Bonchev–Trinajstić information content (AvgIpc) is 2.29. The molecule has 1 aliphatic rings. The van der Waals surface area contributed by atoms with Crippen LogP contribution in [0, 0.1) is 0 Å². The minimum absolute atomic E-state index is 0.0734. The summed E-state index contributed by atoms with van der Waals surface area (Å²) in [4.78, 5) is 15.9. The Hall–Kier alpha value is -0.0400. The smallest absolute Gasteiger partial charge is 0.194 e. The molecule has 2 nitrogen and oxygen atoms in total. The Balaban J connectivity index is 2.45. The highest BCUT2D eigenvalue weighted by Gasteiger charge is 2.15. The lowest BCUT2D eigenvalue weighted by molar-refractivity contribution is -0.110. The molecule has 92 valence electrons. The van der Waals surface area contributed by atoms with Crippen molar-refractivity contribution in [3.63, 3.8) is 0 Å². The van der Waals surface area contributed by atoms with Crippen molar-refractivity contribution in [1.82, 2.24) is 0 Å². The van der Waals surface area contributed by atoms with Crippen LogP contribution in [0.25, 0.3) is 0 Å². The van der Waals surface area contributed by atoms with Gasteiger partial charge in [-0.2, -0.15) is 0 Å². The molecule has 0 unspecified atom stereocenters. The number of aliphatic imine (C=N–C) groups is 1. The fourth-order valence-electron chi connectivity index (χ4n) is 1.31. The molecule has 0 heterocycles. The number of nitrogens with zero attached hydrogens (tertiary/aromatic N) is 1. The van der Waals surface area contributed by atoms with Gasteiger partial charge in [0.15, 0.2) is 5.78 Å². The zero-order valence-electron chi connectivity index (χ0n) is 8.75. The van der Waals surface area contributed by atoms with E-state index in [2.05, 4.69) is 68.7 Å². The minimum Gasteiger partial charge on any atom is -0.289 e. The van der Waals surface area contributed by atoms with Gasteiger partial charge in [0.25, 0.3) is 0 Å². The molecule has 0 spiro atoms. The number of halogens is 4. The van der Waals surface area contributed by atoms with Crippen molar-refractivity contribution in [1.29, 1.82) is 0 Å². The fraction of sp³-hybridized carbons (Fsp3) is 0. The van der Waals surface area contributed by atoms with Crippen molar-refractivity contribution in [2.75, 3.05) is 0 Å². The zero-order chi connectivity index (χ0) is 13.3. The van der Waals surface area contributed by atoms with E-state index in [-0.39, 0.29) is 5.78 Å². The lowest BCUT2D eigenvalue weighted by Crippen LogP contribution is -2.06. The number of carbonyl (C=O) groups excluding carboxylic acids is 1. The summed E-state index contributed by atoms with van der Waals surface area (Å²) >= 11 is 13.4. The van der Waals surface area contributed by atoms with Crippen LogP contribution in [0.4, 0.5) is 5.69 Å². The maximum absolute atomic E-state index is 11.4. The summed E-state index contributed by atoms with van der Waals surface area (Å²) in [5.41, 5.74) is 1.49. The van der Waals surface area contributed by atoms with E-state index in [1.807, 2.05) is 18.2 Å². The normalized spacial score (nSPS) is 17.8. The number of allylic oxidation sites excluding steroid dienone is 4. The molecule has 18 heavy (non-hydrogen) atoms. The number of hydrogen-bond donors (Lipinski definition) is 0. The third kappa shape index (κ3) is 3.29. The van der Waals surface area contributed by atoms with Gasteiger partial charge in [-0.25, -0.2) is 4.99 Å². The summed E-state index contributed by atoms with van der Waals surface area (Å²) in [5.74, 6) is -0.0734. The van der Waals surface area contributed by atoms with Crippen molar-refractivity contribution >= 4 is 80.9 Å². The second-order valence-electron chi connectivity index (χ2n) is 3.44. The number of hydrogen-bond acceptors (Lipinski definition) is 2. The van der Waals surface area contributed by atoms with Gasteiger partial charge in [-0.15, -0.1) is 0 Å². The monoisotopic (exact) mass is 495 g/mol. The van der Waals surface area contributed by atoms with Crippen LogP contribution in [0.1, 0.15) is 0 Å². The molecule has 0 N–H and O–H groups in total. The van der Waals surface area contributed by atoms with Crippen LogP contribution in [0.3, 0.4) is 0 Å². The molecule has 0 radical (unpaired) electrons. The second-order valence-corrected chi connectivity index (χ2v) is 6.92. The van der Waals surface area contributed by atoms with Crippen LogP contribution in [0.15, 0.2) is 53.3 Å². The predicted molar refractivity (Wildman–Crippen MR) is 88.0 cm³/mol. The Morgan fingerprint density at radius 2 is 1.67 bits per heavy atom. The van der Waals surface area contributed by atoms with Crippen LogP contribution in [-0.2, 0) is 4.79 Å². The topological polar surface area (TPSA) is 29.4 Å². The SMILES string of the molecule is O=C1C=C(Br)/C(=N/c2ccc(Br)cc2Br)C=C1Br. The van der Waals surface area contributed by atoms with E-state index in [1.165, 1.54) is 6.08 Å². The maximum atomic E-state index is 11.4. The summed E-state index contributed by atoms with van der Waals surface area (Å²) < 4.78 is 3.03. The lowest BCUT2D eigenvalue weighted by Gasteiger charge is -2.08. The van der Waals surface area contributed by atoms with Crippen LogP contribution in [0.5, 0.6) is 0 Å².